The average molecular weight is 517 g/mol. The summed E-state index contributed by atoms with van der Waals surface area (Å²) in [5.41, 5.74) is 7.91. The monoisotopic (exact) mass is 516 g/mol. The standard InChI is InChI=1S/C37H41P/c1-2-3-4-5-6-19-28-38-36(32-24-15-9-16-25-32)34(30-20-11-7-12-21-30)29-35(31-22-13-8-14-23-31)37(38)33-26-17-10-18-27-33/h7-18,20-27,34,36H,2-6,19,28-29H2,1H3. The molecule has 4 aromatic carbocycles. The van der Waals surface area contributed by atoms with Gasteiger partial charge in [-0.1, -0.05) is 168 Å². The van der Waals surface area contributed by atoms with Crippen LogP contribution in [0, 0.1) is 0 Å². The van der Waals surface area contributed by atoms with Gasteiger partial charge in [0.25, 0.3) is 0 Å². The van der Waals surface area contributed by atoms with E-state index >= 15 is 0 Å². The average Bonchev–Trinajstić information content (AvgIpc) is 3.00. The van der Waals surface area contributed by atoms with Crippen molar-refractivity contribution in [2.24, 2.45) is 0 Å². The fourth-order valence-corrected chi connectivity index (χ4v) is 9.80. The quantitative estimate of drug-likeness (QED) is 0.137. The molecule has 0 N–H and O–H groups in total. The molecule has 38 heavy (non-hydrogen) atoms. The minimum atomic E-state index is -0.422. The molecular weight excluding hydrogens is 475 g/mol. The van der Waals surface area contributed by atoms with Crippen LogP contribution in [-0.4, -0.2) is 6.16 Å². The third-order valence-electron chi connectivity index (χ3n) is 8.00. The van der Waals surface area contributed by atoms with E-state index in [2.05, 4.69) is 128 Å². The van der Waals surface area contributed by atoms with Gasteiger partial charge < -0.3 is 0 Å². The summed E-state index contributed by atoms with van der Waals surface area (Å²) in [6.45, 7) is 2.31. The molecule has 0 fully saturated rings. The topological polar surface area (TPSA) is 0 Å². The van der Waals surface area contributed by atoms with Crippen molar-refractivity contribution in [3.05, 3.63) is 144 Å². The molecule has 0 bridgehead atoms. The zero-order valence-corrected chi connectivity index (χ0v) is 23.7. The number of benzene rings is 4. The number of allylic oxidation sites excluding steroid dienone is 1. The number of hydrogen-bond acceptors (Lipinski definition) is 0. The van der Waals surface area contributed by atoms with Crippen molar-refractivity contribution in [2.45, 2.75) is 63.4 Å². The van der Waals surface area contributed by atoms with Crippen molar-refractivity contribution in [3.8, 4) is 0 Å². The van der Waals surface area contributed by atoms with Crippen molar-refractivity contribution in [1.29, 1.82) is 0 Å². The highest BCUT2D eigenvalue weighted by atomic mass is 31.1. The molecule has 0 aliphatic carbocycles. The molecule has 1 heterocycles. The summed E-state index contributed by atoms with van der Waals surface area (Å²) in [7, 11) is -0.422. The molecule has 0 spiro atoms. The summed E-state index contributed by atoms with van der Waals surface area (Å²) in [5.74, 6) is 0.479. The maximum Gasteiger partial charge on any atom is 0.0154 e. The Morgan fingerprint density at radius 2 is 1.05 bits per heavy atom. The first-order valence-electron chi connectivity index (χ1n) is 14.6. The van der Waals surface area contributed by atoms with Gasteiger partial charge in [0, 0.05) is 5.66 Å². The SMILES string of the molecule is CCCCCCCCP1C(c2ccccc2)=C(c2ccccc2)CC(c2ccccc2)C1c1ccccc1. The van der Waals surface area contributed by atoms with Gasteiger partial charge in [-0.15, -0.1) is 0 Å². The van der Waals surface area contributed by atoms with Crippen LogP contribution in [0.3, 0.4) is 0 Å². The summed E-state index contributed by atoms with van der Waals surface area (Å²) >= 11 is 0. The van der Waals surface area contributed by atoms with Gasteiger partial charge >= 0.3 is 0 Å². The second-order valence-corrected chi connectivity index (χ2v) is 13.0. The second-order valence-electron chi connectivity index (χ2n) is 10.6. The molecule has 0 saturated carbocycles. The van der Waals surface area contributed by atoms with E-state index < -0.39 is 7.92 Å². The van der Waals surface area contributed by atoms with Gasteiger partial charge in [-0.2, -0.15) is 0 Å². The van der Waals surface area contributed by atoms with Gasteiger partial charge in [0.05, 0.1) is 0 Å². The van der Waals surface area contributed by atoms with Crippen molar-refractivity contribution >= 4 is 18.8 Å². The Hall–Kier alpha value is -2.95. The highest BCUT2D eigenvalue weighted by Crippen LogP contribution is 2.72. The zero-order chi connectivity index (χ0) is 26.0. The Kier molecular flexibility index (Phi) is 9.63. The molecule has 1 heteroatoms. The molecule has 0 aromatic heterocycles. The first-order chi connectivity index (χ1) is 18.9. The normalized spacial score (nSPS) is 19.4. The van der Waals surface area contributed by atoms with Crippen LogP contribution in [0.15, 0.2) is 121 Å². The predicted octanol–water partition coefficient (Wildman–Crippen LogP) is 11.3. The first-order valence-corrected chi connectivity index (χ1v) is 16.2. The third-order valence-corrected chi connectivity index (χ3v) is 11.2. The van der Waals surface area contributed by atoms with E-state index in [-0.39, 0.29) is 0 Å². The van der Waals surface area contributed by atoms with Crippen molar-refractivity contribution in [1.82, 2.24) is 0 Å². The lowest BCUT2D eigenvalue weighted by Gasteiger charge is -2.43. The molecule has 1 aliphatic rings. The molecular formula is C37H41P. The van der Waals surface area contributed by atoms with Gasteiger partial charge in [0.15, 0.2) is 0 Å². The summed E-state index contributed by atoms with van der Waals surface area (Å²) in [4.78, 5) is 0. The van der Waals surface area contributed by atoms with E-state index in [9.17, 15) is 0 Å². The van der Waals surface area contributed by atoms with E-state index in [4.69, 9.17) is 0 Å². The van der Waals surface area contributed by atoms with Gasteiger partial charge in [-0.25, -0.2) is 0 Å². The van der Waals surface area contributed by atoms with Crippen LogP contribution in [0.5, 0.6) is 0 Å². The molecule has 0 saturated heterocycles. The van der Waals surface area contributed by atoms with E-state index in [1.54, 1.807) is 10.9 Å². The lowest BCUT2D eigenvalue weighted by Crippen LogP contribution is -2.18. The Balaban J connectivity index is 1.65. The predicted molar refractivity (Wildman–Crippen MR) is 168 cm³/mol. The summed E-state index contributed by atoms with van der Waals surface area (Å²) in [6.07, 6.45) is 10.5. The summed E-state index contributed by atoms with van der Waals surface area (Å²) in [5, 5.41) is 1.64. The minimum absolute atomic E-state index is 0.422. The van der Waals surface area contributed by atoms with E-state index in [1.807, 2.05) is 0 Å². The second kappa shape index (κ2) is 13.7. The molecule has 3 unspecified atom stereocenters. The molecule has 0 amide bonds. The fourth-order valence-electron chi connectivity index (χ4n) is 6.16. The van der Waals surface area contributed by atoms with Crippen LogP contribution in [0.4, 0.5) is 0 Å². The van der Waals surface area contributed by atoms with Crippen LogP contribution in [0.2, 0.25) is 0 Å². The fraction of sp³-hybridized carbons (Fsp3) is 0.297. The summed E-state index contributed by atoms with van der Waals surface area (Å²) < 4.78 is 0. The number of rotatable bonds is 11. The third kappa shape index (κ3) is 6.36. The first kappa shape index (κ1) is 26.6. The zero-order valence-electron chi connectivity index (χ0n) is 22.8. The lowest BCUT2D eigenvalue weighted by molar-refractivity contribution is 0.623. The number of hydrogen-bond donors (Lipinski definition) is 0. The van der Waals surface area contributed by atoms with Gasteiger partial charge in [-0.3, -0.25) is 0 Å². The molecule has 5 rings (SSSR count). The van der Waals surface area contributed by atoms with Crippen LogP contribution < -0.4 is 0 Å². The number of unbranched alkanes of at least 4 members (excludes halogenated alkanes) is 5. The van der Waals surface area contributed by atoms with E-state index in [1.165, 1.54) is 66.9 Å². The molecule has 0 radical (unpaired) electrons. The molecule has 194 valence electrons. The molecule has 3 atom stereocenters. The highest BCUT2D eigenvalue weighted by molar-refractivity contribution is 7.69. The Bertz CT molecular complexity index is 1260. The molecule has 1 aliphatic heterocycles. The van der Waals surface area contributed by atoms with Gasteiger partial charge in [0.2, 0.25) is 0 Å². The highest BCUT2D eigenvalue weighted by Gasteiger charge is 2.40. The maximum atomic E-state index is 2.40. The van der Waals surface area contributed by atoms with Crippen LogP contribution in [0.25, 0.3) is 10.9 Å². The van der Waals surface area contributed by atoms with E-state index in [0.717, 1.165) is 6.42 Å². The van der Waals surface area contributed by atoms with Crippen LogP contribution in [-0.2, 0) is 0 Å². The largest absolute Gasteiger partial charge is 0.0660 e. The smallest absolute Gasteiger partial charge is 0.0154 e. The maximum absolute atomic E-state index is 2.40. The van der Waals surface area contributed by atoms with Crippen LogP contribution in [0.1, 0.15) is 85.7 Å². The van der Waals surface area contributed by atoms with Crippen molar-refractivity contribution in [2.75, 3.05) is 6.16 Å². The Morgan fingerprint density at radius 1 is 0.553 bits per heavy atom. The molecule has 0 nitrogen and oxygen atoms in total. The van der Waals surface area contributed by atoms with Crippen molar-refractivity contribution in [3.63, 3.8) is 0 Å². The lowest BCUT2D eigenvalue weighted by atomic mass is 9.83. The Labute approximate surface area is 231 Å². The molecule has 4 aromatic rings. The van der Waals surface area contributed by atoms with Crippen molar-refractivity contribution < 1.29 is 0 Å². The van der Waals surface area contributed by atoms with Gasteiger partial charge in [-0.05, 0) is 58.1 Å². The van der Waals surface area contributed by atoms with E-state index in [0.29, 0.717) is 11.6 Å². The summed E-state index contributed by atoms with van der Waals surface area (Å²) in [6, 6.07) is 45.4. The Morgan fingerprint density at radius 3 is 1.66 bits per heavy atom. The minimum Gasteiger partial charge on any atom is -0.0660 e. The van der Waals surface area contributed by atoms with Gasteiger partial charge in [0.1, 0.15) is 0 Å². The van der Waals surface area contributed by atoms with Crippen LogP contribution >= 0.6 is 7.92 Å².